The van der Waals surface area contributed by atoms with Crippen molar-refractivity contribution in [2.75, 3.05) is 0 Å². The van der Waals surface area contributed by atoms with Crippen LogP contribution in [0.4, 0.5) is 0 Å². The van der Waals surface area contributed by atoms with Gasteiger partial charge in [-0.15, -0.1) is 18.2 Å². The molecule has 0 aromatic heterocycles. The Kier molecular flexibility index (Phi) is 2.44. The minimum Gasteiger partial charge on any atom is -0.103 e. The molecule has 1 atom stereocenters. The molecule has 0 saturated carbocycles. The molecule has 0 aromatic rings. The van der Waals surface area contributed by atoms with Gasteiger partial charge in [0, 0.05) is 0 Å². The molecular weight excluding hydrogens is 210 g/mol. The molecule has 36 valence electrons. The largest absolute Gasteiger partial charge is 0.111 e. The molecule has 0 fully saturated rings. The first kappa shape index (κ1) is 6.76. The summed E-state index contributed by atoms with van der Waals surface area (Å²) in [5.74, 6) is 0. The SMILES string of the molecule is C=CC(C)(Cl)I. The fraction of sp³-hybridized carbons (Fsp3) is 0.500. The Labute approximate surface area is 56.7 Å². The third-order valence-corrected chi connectivity index (χ3v) is 0.953. The smallest absolute Gasteiger partial charge is 0.103 e. The van der Waals surface area contributed by atoms with Crippen molar-refractivity contribution in [3.05, 3.63) is 12.7 Å². The molecule has 0 amide bonds. The maximum Gasteiger partial charge on any atom is 0.111 e. The molecule has 0 aromatic carbocycles. The first-order valence-electron chi connectivity index (χ1n) is 1.57. The summed E-state index contributed by atoms with van der Waals surface area (Å²) in [4.78, 5) is 0. The molecule has 0 aliphatic rings. The van der Waals surface area contributed by atoms with Crippen molar-refractivity contribution in [3.8, 4) is 0 Å². The molecule has 0 nitrogen and oxygen atoms in total. The van der Waals surface area contributed by atoms with E-state index in [9.17, 15) is 0 Å². The number of halogens is 2. The summed E-state index contributed by atoms with van der Waals surface area (Å²) in [6.45, 7) is 5.37. The average Bonchev–Trinajstić information content (AvgIpc) is 1.35. The van der Waals surface area contributed by atoms with Gasteiger partial charge in [-0.3, -0.25) is 0 Å². The standard InChI is InChI=1S/C4H6ClI/c1-3-4(2,5)6/h3H,1H2,2H3. The van der Waals surface area contributed by atoms with Crippen molar-refractivity contribution in [3.63, 3.8) is 0 Å². The normalized spacial score (nSPS) is 19.2. The van der Waals surface area contributed by atoms with Gasteiger partial charge in [0.15, 0.2) is 0 Å². The van der Waals surface area contributed by atoms with E-state index < -0.39 is 0 Å². The van der Waals surface area contributed by atoms with Crippen LogP contribution < -0.4 is 0 Å². The first-order chi connectivity index (χ1) is 2.56. The highest BCUT2D eigenvalue weighted by Gasteiger charge is 2.06. The van der Waals surface area contributed by atoms with Gasteiger partial charge in [-0.1, -0.05) is 28.7 Å². The van der Waals surface area contributed by atoms with Crippen molar-refractivity contribution in [2.24, 2.45) is 0 Å². The minimum atomic E-state index is -0.252. The van der Waals surface area contributed by atoms with Gasteiger partial charge in [0.05, 0.1) is 0 Å². The van der Waals surface area contributed by atoms with Crippen LogP contribution in [0.2, 0.25) is 0 Å². The fourth-order valence-electron chi connectivity index (χ4n) is 0. The van der Waals surface area contributed by atoms with Crippen LogP contribution in [0.3, 0.4) is 0 Å². The second-order valence-corrected chi connectivity index (χ2v) is 4.82. The van der Waals surface area contributed by atoms with Gasteiger partial charge >= 0.3 is 0 Å². The van der Waals surface area contributed by atoms with Gasteiger partial charge in [-0.25, -0.2) is 0 Å². The van der Waals surface area contributed by atoms with Gasteiger partial charge in [0.2, 0.25) is 0 Å². The molecule has 0 bridgehead atoms. The van der Waals surface area contributed by atoms with E-state index in [-0.39, 0.29) is 2.88 Å². The predicted molar refractivity (Wildman–Crippen MR) is 38.5 cm³/mol. The van der Waals surface area contributed by atoms with Crippen LogP contribution in [0.1, 0.15) is 6.92 Å². The molecule has 0 heterocycles. The Hall–Kier alpha value is 0.760. The van der Waals surface area contributed by atoms with Crippen molar-refractivity contribution in [2.45, 2.75) is 9.80 Å². The summed E-state index contributed by atoms with van der Waals surface area (Å²) in [5, 5.41) is 0. The molecule has 0 rings (SSSR count). The van der Waals surface area contributed by atoms with Crippen molar-refractivity contribution >= 4 is 34.2 Å². The van der Waals surface area contributed by atoms with Gasteiger partial charge < -0.3 is 0 Å². The summed E-state index contributed by atoms with van der Waals surface area (Å²) in [7, 11) is 0. The lowest BCUT2D eigenvalue weighted by Gasteiger charge is -2.02. The van der Waals surface area contributed by atoms with E-state index in [0.717, 1.165) is 0 Å². The molecule has 0 saturated heterocycles. The second-order valence-electron chi connectivity index (χ2n) is 1.16. The Morgan fingerprint density at radius 3 is 2.17 bits per heavy atom. The number of rotatable bonds is 1. The molecule has 0 aliphatic carbocycles. The number of hydrogen-bond acceptors (Lipinski definition) is 0. The van der Waals surface area contributed by atoms with Crippen LogP contribution >= 0.6 is 34.2 Å². The lowest BCUT2D eigenvalue weighted by molar-refractivity contribution is 1.20. The monoisotopic (exact) mass is 216 g/mol. The lowest BCUT2D eigenvalue weighted by Crippen LogP contribution is -1.95. The minimum absolute atomic E-state index is 0.252. The summed E-state index contributed by atoms with van der Waals surface area (Å²) in [6, 6.07) is 0. The zero-order valence-electron chi connectivity index (χ0n) is 3.54. The van der Waals surface area contributed by atoms with Crippen molar-refractivity contribution in [1.29, 1.82) is 0 Å². The maximum absolute atomic E-state index is 5.59. The van der Waals surface area contributed by atoms with E-state index in [0.29, 0.717) is 0 Å². The quantitative estimate of drug-likeness (QED) is 0.359. The highest BCUT2D eigenvalue weighted by Crippen LogP contribution is 2.23. The Morgan fingerprint density at radius 2 is 2.17 bits per heavy atom. The Balaban J connectivity index is 3.45. The molecule has 0 aliphatic heterocycles. The third kappa shape index (κ3) is 4.76. The molecular formula is C4H6ClI. The zero-order valence-corrected chi connectivity index (χ0v) is 6.45. The van der Waals surface area contributed by atoms with E-state index in [1.54, 1.807) is 6.08 Å². The Bertz CT molecular complexity index is 53.1. The molecule has 2 heteroatoms. The summed E-state index contributed by atoms with van der Waals surface area (Å²) >= 11 is 7.67. The van der Waals surface area contributed by atoms with Gasteiger partial charge in [0.1, 0.15) is 2.88 Å². The topological polar surface area (TPSA) is 0 Å². The molecule has 0 N–H and O–H groups in total. The van der Waals surface area contributed by atoms with E-state index >= 15 is 0 Å². The lowest BCUT2D eigenvalue weighted by atomic mass is 10.5. The Morgan fingerprint density at radius 1 is 2.00 bits per heavy atom. The first-order valence-corrected chi connectivity index (χ1v) is 3.03. The van der Waals surface area contributed by atoms with Crippen LogP contribution in [-0.2, 0) is 0 Å². The van der Waals surface area contributed by atoms with Gasteiger partial charge in [-0.2, -0.15) is 0 Å². The molecule has 1 unspecified atom stereocenters. The van der Waals surface area contributed by atoms with E-state index in [2.05, 4.69) is 29.2 Å². The third-order valence-electron chi connectivity index (χ3n) is 0.358. The predicted octanol–water partition coefficient (Wildman–Crippen LogP) is 2.56. The number of hydrogen-bond donors (Lipinski definition) is 0. The van der Waals surface area contributed by atoms with Crippen LogP contribution in [0.25, 0.3) is 0 Å². The van der Waals surface area contributed by atoms with E-state index in [1.165, 1.54) is 0 Å². The fourth-order valence-corrected chi connectivity index (χ4v) is 0. The second kappa shape index (κ2) is 2.17. The van der Waals surface area contributed by atoms with Crippen LogP contribution in [0.15, 0.2) is 12.7 Å². The summed E-state index contributed by atoms with van der Waals surface area (Å²) < 4.78 is -0.252. The van der Waals surface area contributed by atoms with Gasteiger partial charge in [-0.05, 0) is 6.92 Å². The van der Waals surface area contributed by atoms with Crippen LogP contribution in [-0.4, -0.2) is 2.88 Å². The van der Waals surface area contributed by atoms with Crippen molar-refractivity contribution < 1.29 is 0 Å². The molecule has 0 radical (unpaired) electrons. The van der Waals surface area contributed by atoms with Crippen LogP contribution in [0, 0.1) is 0 Å². The highest BCUT2D eigenvalue weighted by atomic mass is 127. The molecule has 0 spiro atoms. The summed E-state index contributed by atoms with van der Waals surface area (Å²) in [6.07, 6.45) is 1.69. The number of allylic oxidation sites excluding steroid dienone is 1. The van der Waals surface area contributed by atoms with E-state index in [1.807, 2.05) is 6.92 Å². The van der Waals surface area contributed by atoms with Gasteiger partial charge in [0.25, 0.3) is 0 Å². The molecule has 6 heavy (non-hydrogen) atoms. The van der Waals surface area contributed by atoms with E-state index in [4.69, 9.17) is 11.6 Å². The van der Waals surface area contributed by atoms with Crippen molar-refractivity contribution in [1.82, 2.24) is 0 Å². The maximum atomic E-state index is 5.59. The number of alkyl halides is 2. The summed E-state index contributed by atoms with van der Waals surface area (Å²) in [5.41, 5.74) is 0. The average molecular weight is 216 g/mol. The highest BCUT2D eigenvalue weighted by molar-refractivity contribution is 14.1. The zero-order chi connectivity index (χ0) is 5.21. The van der Waals surface area contributed by atoms with Crippen LogP contribution in [0.5, 0.6) is 0 Å².